The molecular formula is C19H20N4O5. The standard InChI is InChI=1S/C19H20N4O5/c20-7-9-28-10-8-21-15-6-5-12(11-16(15)23(26)27)17-19(25)18(24)13-3-1-2-4-14(13)22-17/h1-6,11,21,25H,7-10,20H2,(H,22,24). The van der Waals surface area contributed by atoms with E-state index in [1.807, 2.05) is 0 Å². The second-order valence-corrected chi connectivity index (χ2v) is 6.04. The van der Waals surface area contributed by atoms with Crippen LogP contribution in [0.25, 0.3) is 22.2 Å². The van der Waals surface area contributed by atoms with Crippen LogP contribution in [0, 0.1) is 10.1 Å². The van der Waals surface area contributed by atoms with E-state index >= 15 is 0 Å². The number of anilines is 1. The minimum atomic E-state index is -0.536. The Morgan fingerprint density at radius 1 is 1.21 bits per heavy atom. The van der Waals surface area contributed by atoms with Gasteiger partial charge in [0.15, 0.2) is 5.75 Å². The largest absolute Gasteiger partial charge is 0.503 e. The number of nitrogens with two attached hydrogens (primary N) is 1. The van der Waals surface area contributed by atoms with Gasteiger partial charge in [0.1, 0.15) is 5.69 Å². The number of benzene rings is 2. The summed E-state index contributed by atoms with van der Waals surface area (Å²) in [6.07, 6.45) is 0. The zero-order valence-corrected chi connectivity index (χ0v) is 15.0. The molecule has 0 atom stereocenters. The third kappa shape index (κ3) is 3.95. The van der Waals surface area contributed by atoms with Crippen molar-refractivity contribution >= 4 is 22.3 Å². The van der Waals surface area contributed by atoms with E-state index in [1.54, 1.807) is 30.3 Å². The molecule has 0 amide bonds. The van der Waals surface area contributed by atoms with Crippen LogP contribution in [-0.2, 0) is 4.74 Å². The van der Waals surface area contributed by atoms with Crippen LogP contribution in [0.1, 0.15) is 0 Å². The van der Waals surface area contributed by atoms with Gasteiger partial charge in [-0.05, 0) is 18.2 Å². The number of para-hydroxylation sites is 1. The maximum atomic E-state index is 12.4. The summed E-state index contributed by atoms with van der Waals surface area (Å²) in [7, 11) is 0. The minimum Gasteiger partial charge on any atom is -0.503 e. The Bertz CT molecular complexity index is 1060. The first-order chi connectivity index (χ1) is 13.5. The van der Waals surface area contributed by atoms with Gasteiger partial charge in [0, 0.05) is 35.6 Å². The van der Waals surface area contributed by atoms with Gasteiger partial charge in [-0.3, -0.25) is 14.9 Å². The summed E-state index contributed by atoms with van der Waals surface area (Å²) in [4.78, 5) is 26.3. The van der Waals surface area contributed by atoms with Crippen LogP contribution in [0.15, 0.2) is 47.3 Å². The number of aromatic amines is 1. The second kappa shape index (κ2) is 8.51. The Morgan fingerprint density at radius 3 is 2.75 bits per heavy atom. The van der Waals surface area contributed by atoms with Gasteiger partial charge in [-0.25, -0.2) is 0 Å². The molecule has 5 N–H and O–H groups in total. The van der Waals surface area contributed by atoms with E-state index in [-0.39, 0.29) is 11.4 Å². The maximum Gasteiger partial charge on any atom is 0.292 e. The number of hydrogen-bond acceptors (Lipinski definition) is 7. The van der Waals surface area contributed by atoms with Crippen LogP contribution in [0.5, 0.6) is 5.75 Å². The number of nitro groups is 1. The molecule has 0 spiro atoms. The van der Waals surface area contributed by atoms with Gasteiger partial charge >= 0.3 is 0 Å². The highest BCUT2D eigenvalue weighted by Gasteiger charge is 2.18. The van der Waals surface area contributed by atoms with Crippen LogP contribution in [0.2, 0.25) is 0 Å². The Hall–Kier alpha value is -3.43. The lowest BCUT2D eigenvalue weighted by Gasteiger charge is -2.11. The normalized spacial score (nSPS) is 10.9. The van der Waals surface area contributed by atoms with Crippen molar-refractivity contribution in [3.05, 3.63) is 62.8 Å². The van der Waals surface area contributed by atoms with E-state index in [9.17, 15) is 20.0 Å². The van der Waals surface area contributed by atoms with E-state index in [1.165, 1.54) is 12.1 Å². The van der Waals surface area contributed by atoms with Crippen LogP contribution in [0.3, 0.4) is 0 Å². The fraction of sp³-hybridized carbons (Fsp3) is 0.211. The number of hydrogen-bond donors (Lipinski definition) is 4. The number of pyridine rings is 1. The minimum absolute atomic E-state index is 0.129. The molecule has 3 aromatic rings. The summed E-state index contributed by atoms with van der Waals surface area (Å²) in [5, 5.41) is 25.1. The first-order valence-electron chi connectivity index (χ1n) is 8.67. The van der Waals surface area contributed by atoms with Gasteiger partial charge in [0.2, 0.25) is 5.43 Å². The van der Waals surface area contributed by atoms with Crippen molar-refractivity contribution in [1.29, 1.82) is 0 Å². The fourth-order valence-electron chi connectivity index (χ4n) is 2.86. The number of fused-ring (bicyclic) bond motifs is 1. The van der Waals surface area contributed by atoms with Crippen molar-refractivity contribution in [2.24, 2.45) is 5.73 Å². The van der Waals surface area contributed by atoms with E-state index < -0.39 is 16.1 Å². The molecule has 0 saturated carbocycles. The maximum absolute atomic E-state index is 12.4. The zero-order chi connectivity index (χ0) is 20.1. The average molecular weight is 384 g/mol. The van der Waals surface area contributed by atoms with Crippen LogP contribution in [-0.4, -0.2) is 41.3 Å². The second-order valence-electron chi connectivity index (χ2n) is 6.04. The number of nitro benzene ring substituents is 1. The highest BCUT2D eigenvalue weighted by molar-refractivity contribution is 5.85. The third-order valence-electron chi connectivity index (χ3n) is 4.19. The molecule has 146 valence electrons. The van der Waals surface area contributed by atoms with E-state index in [0.717, 1.165) is 0 Å². The predicted molar refractivity (Wildman–Crippen MR) is 107 cm³/mol. The molecule has 0 aliphatic carbocycles. The average Bonchev–Trinajstić information content (AvgIpc) is 2.70. The zero-order valence-electron chi connectivity index (χ0n) is 15.0. The monoisotopic (exact) mass is 384 g/mol. The Kier molecular flexibility index (Phi) is 5.87. The van der Waals surface area contributed by atoms with Crippen molar-refractivity contribution in [3.63, 3.8) is 0 Å². The molecule has 0 aliphatic rings. The molecule has 28 heavy (non-hydrogen) atoms. The van der Waals surface area contributed by atoms with Gasteiger partial charge in [0.05, 0.1) is 23.8 Å². The molecule has 0 unspecified atom stereocenters. The number of rotatable bonds is 8. The lowest BCUT2D eigenvalue weighted by atomic mass is 10.1. The Labute approximate surface area is 159 Å². The highest BCUT2D eigenvalue weighted by atomic mass is 16.6. The fourth-order valence-corrected chi connectivity index (χ4v) is 2.86. The topological polar surface area (TPSA) is 144 Å². The van der Waals surface area contributed by atoms with E-state index in [2.05, 4.69) is 10.3 Å². The van der Waals surface area contributed by atoms with E-state index in [4.69, 9.17) is 10.5 Å². The molecule has 0 radical (unpaired) electrons. The van der Waals surface area contributed by atoms with Crippen LogP contribution in [0.4, 0.5) is 11.4 Å². The van der Waals surface area contributed by atoms with Gasteiger partial charge in [-0.1, -0.05) is 18.2 Å². The third-order valence-corrected chi connectivity index (χ3v) is 4.19. The summed E-state index contributed by atoms with van der Waals surface area (Å²) < 4.78 is 5.24. The van der Waals surface area contributed by atoms with Crippen molar-refractivity contribution in [2.75, 3.05) is 31.6 Å². The first-order valence-corrected chi connectivity index (χ1v) is 8.67. The van der Waals surface area contributed by atoms with Gasteiger partial charge in [-0.15, -0.1) is 0 Å². The molecule has 0 saturated heterocycles. The summed E-state index contributed by atoms with van der Waals surface area (Å²) in [6.45, 7) is 1.55. The molecule has 0 bridgehead atoms. The quantitative estimate of drug-likeness (QED) is 0.265. The molecule has 9 heteroatoms. The molecule has 3 rings (SSSR count). The number of ether oxygens (including phenoxy) is 1. The SMILES string of the molecule is NCCOCCNc1ccc(-c2[nH]c3ccccc3c(=O)c2O)cc1[N+](=O)[O-]. The molecule has 9 nitrogen and oxygen atoms in total. The summed E-state index contributed by atoms with van der Waals surface area (Å²) in [5.41, 5.74) is 5.93. The van der Waals surface area contributed by atoms with Crippen LogP contribution < -0.4 is 16.5 Å². The van der Waals surface area contributed by atoms with E-state index in [0.29, 0.717) is 48.5 Å². The Balaban J connectivity index is 1.96. The number of nitrogens with one attached hydrogen (secondary N) is 2. The molecule has 2 aromatic carbocycles. The van der Waals surface area contributed by atoms with Crippen molar-refractivity contribution < 1.29 is 14.8 Å². The van der Waals surface area contributed by atoms with Gasteiger partial charge in [0.25, 0.3) is 5.69 Å². The molecule has 0 fully saturated rings. The van der Waals surface area contributed by atoms with Crippen molar-refractivity contribution in [1.82, 2.24) is 4.98 Å². The lowest BCUT2D eigenvalue weighted by molar-refractivity contribution is -0.383. The molecule has 1 heterocycles. The smallest absolute Gasteiger partial charge is 0.292 e. The number of H-pyrrole nitrogens is 1. The highest BCUT2D eigenvalue weighted by Crippen LogP contribution is 2.33. The first kappa shape index (κ1) is 19.3. The predicted octanol–water partition coefficient (Wildman–Crippen LogP) is 2.20. The summed E-state index contributed by atoms with van der Waals surface area (Å²) in [6, 6.07) is 11.2. The number of aromatic nitrogens is 1. The van der Waals surface area contributed by atoms with Gasteiger partial charge < -0.3 is 25.9 Å². The van der Waals surface area contributed by atoms with Gasteiger partial charge in [-0.2, -0.15) is 0 Å². The van der Waals surface area contributed by atoms with Crippen LogP contribution >= 0.6 is 0 Å². The summed E-state index contributed by atoms with van der Waals surface area (Å²) in [5.74, 6) is -0.483. The Morgan fingerprint density at radius 2 is 2.00 bits per heavy atom. The molecule has 0 aliphatic heterocycles. The van der Waals surface area contributed by atoms with Crippen molar-refractivity contribution in [2.45, 2.75) is 0 Å². The summed E-state index contributed by atoms with van der Waals surface area (Å²) >= 11 is 0. The molecular weight excluding hydrogens is 364 g/mol. The lowest BCUT2D eigenvalue weighted by Crippen LogP contribution is -2.15. The van der Waals surface area contributed by atoms with Crippen molar-refractivity contribution in [3.8, 4) is 17.0 Å². The number of nitrogens with zero attached hydrogens (tertiary/aromatic N) is 1. The number of aromatic hydroxyl groups is 1. The molecule has 1 aromatic heterocycles.